The van der Waals surface area contributed by atoms with E-state index >= 15 is 0 Å². The van der Waals surface area contributed by atoms with Gasteiger partial charge in [-0.1, -0.05) is 13.0 Å². The summed E-state index contributed by atoms with van der Waals surface area (Å²) >= 11 is 0. The van der Waals surface area contributed by atoms with Crippen molar-refractivity contribution >= 4 is 5.69 Å². The van der Waals surface area contributed by atoms with Crippen molar-refractivity contribution in [1.29, 1.82) is 0 Å². The normalized spacial score (nSPS) is 10.3. The molecule has 0 aliphatic heterocycles. The fourth-order valence-corrected chi connectivity index (χ4v) is 1.57. The highest BCUT2D eigenvalue weighted by Gasteiger charge is 2.14. The number of benzene rings is 1. The Morgan fingerprint density at radius 1 is 1.39 bits per heavy atom. The average molecular weight is 252 g/mol. The van der Waals surface area contributed by atoms with Gasteiger partial charge in [-0.15, -0.1) is 0 Å². The Labute approximate surface area is 107 Å². The van der Waals surface area contributed by atoms with Crippen LogP contribution in [0.15, 0.2) is 18.2 Å². The van der Waals surface area contributed by atoms with E-state index in [1.54, 1.807) is 12.1 Å². The lowest BCUT2D eigenvalue weighted by atomic mass is 10.2. The zero-order valence-corrected chi connectivity index (χ0v) is 10.9. The van der Waals surface area contributed by atoms with E-state index in [4.69, 9.17) is 4.74 Å². The van der Waals surface area contributed by atoms with Crippen LogP contribution in [0, 0.1) is 17.0 Å². The zero-order valence-electron chi connectivity index (χ0n) is 10.9. The number of hydrogen-bond acceptors (Lipinski definition) is 4. The first-order chi connectivity index (χ1) is 8.65. The summed E-state index contributed by atoms with van der Waals surface area (Å²) in [6.45, 7) is 6.35. The molecule has 0 heterocycles. The van der Waals surface area contributed by atoms with Crippen molar-refractivity contribution in [3.63, 3.8) is 0 Å². The molecular formula is C13H20N2O3. The molecule has 0 aliphatic rings. The third kappa shape index (κ3) is 4.71. The summed E-state index contributed by atoms with van der Waals surface area (Å²) in [7, 11) is 0. The molecule has 0 fully saturated rings. The van der Waals surface area contributed by atoms with E-state index in [-0.39, 0.29) is 5.69 Å². The Morgan fingerprint density at radius 3 is 2.83 bits per heavy atom. The standard InChI is InChI=1S/C13H20N2O3/c1-3-7-14-8-4-9-18-13-10-11(2)5-6-12(13)15(16)17/h5-6,10,14H,3-4,7-9H2,1-2H3. The lowest BCUT2D eigenvalue weighted by molar-refractivity contribution is -0.385. The summed E-state index contributed by atoms with van der Waals surface area (Å²) < 4.78 is 5.48. The van der Waals surface area contributed by atoms with Gasteiger partial charge in [0.05, 0.1) is 11.5 Å². The minimum absolute atomic E-state index is 0.0297. The van der Waals surface area contributed by atoms with Gasteiger partial charge in [0.15, 0.2) is 5.75 Å². The van der Waals surface area contributed by atoms with E-state index in [2.05, 4.69) is 12.2 Å². The molecule has 0 spiro atoms. The Hall–Kier alpha value is -1.62. The maximum absolute atomic E-state index is 10.8. The maximum atomic E-state index is 10.8. The zero-order chi connectivity index (χ0) is 13.4. The van der Waals surface area contributed by atoms with E-state index in [0.717, 1.165) is 31.5 Å². The Morgan fingerprint density at radius 2 is 2.17 bits per heavy atom. The highest BCUT2D eigenvalue weighted by atomic mass is 16.6. The van der Waals surface area contributed by atoms with Crippen molar-refractivity contribution in [3.05, 3.63) is 33.9 Å². The molecule has 1 rings (SSSR count). The first-order valence-corrected chi connectivity index (χ1v) is 6.23. The van der Waals surface area contributed by atoms with Gasteiger partial charge >= 0.3 is 5.69 Å². The summed E-state index contributed by atoms with van der Waals surface area (Å²) in [6, 6.07) is 4.91. The van der Waals surface area contributed by atoms with Crippen LogP contribution >= 0.6 is 0 Å². The summed E-state index contributed by atoms with van der Waals surface area (Å²) in [6.07, 6.45) is 1.94. The van der Waals surface area contributed by atoms with Gasteiger partial charge in [0, 0.05) is 6.07 Å². The molecule has 1 aromatic rings. The summed E-state index contributed by atoms with van der Waals surface area (Å²) in [5.41, 5.74) is 0.988. The van der Waals surface area contributed by atoms with Crippen LogP contribution in [0.5, 0.6) is 5.75 Å². The summed E-state index contributed by atoms with van der Waals surface area (Å²) in [5, 5.41) is 14.1. The topological polar surface area (TPSA) is 64.4 Å². The molecule has 0 radical (unpaired) electrons. The van der Waals surface area contributed by atoms with E-state index < -0.39 is 4.92 Å². The van der Waals surface area contributed by atoms with Crippen LogP contribution in [0.4, 0.5) is 5.69 Å². The summed E-state index contributed by atoms with van der Waals surface area (Å²) in [5.74, 6) is 0.357. The number of aryl methyl sites for hydroxylation is 1. The van der Waals surface area contributed by atoms with Crippen LogP contribution in [0.2, 0.25) is 0 Å². The molecule has 0 saturated carbocycles. The van der Waals surface area contributed by atoms with Gasteiger partial charge in [0.1, 0.15) is 0 Å². The van der Waals surface area contributed by atoms with Crippen molar-refractivity contribution < 1.29 is 9.66 Å². The maximum Gasteiger partial charge on any atom is 0.310 e. The predicted octanol–water partition coefficient (Wildman–Crippen LogP) is 2.67. The highest BCUT2D eigenvalue weighted by Crippen LogP contribution is 2.27. The fourth-order valence-electron chi connectivity index (χ4n) is 1.57. The van der Waals surface area contributed by atoms with E-state index in [1.807, 2.05) is 6.92 Å². The molecule has 0 atom stereocenters. The smallest absolute Gasteiger partial charge is 0.310 e. The van der Waals surface area contributed by atoms with Crippen molar-refractivity contribution in [2.24, 2.45) is 0 Å². The van der Waals surface area contributed by atoms with Gasteiger partial charge in [0.2, 0.25) is 0 Å². The van der Waals surface area contributed by atoms with Crippen LogP contribution in [0.1, 0.15) is 25.3 Å². The average Bonchev–Trinajstić information content (AvgIpc) is 2.33. The predicted molar refractivity (Wildman–Crippen MR) is 71.1 cm³/mol. The number of hydrogen-bond donors (Lipinski definition) is 1. The molecule has 100 valence electrons. The van der Waals surface area contributed by atoms with Gasteiger partial charge in [-0.2, -0.15) is 0 Å². The SMILES string of the molecule is CCCNCCCOc1cc(C)ccc1[N+](=O)[O-]. The summed E-state index contributed by atoms with van der Waals surface area (Å²) in [4.78, 5) is 10.4. The van der Waals surface area contributed by atoms with Gasteiger partial charge < -0.3 is 10.1 Å². The lowest BCUT2D eigenvalue weighted by Crippen LogP contribution is -2.18. The van der Waals surface area contributed by atoms with Gasteiger partial charge in [-0.25, -0.2) is 0 Å². The van der Waals surface area contributed by atoms with Crippen molar-refractivity contribution in [2.45, 2.75) is 26.7 Å². The lowest BCUT2D eigenvalue weighted by Gasteiger charge is -2.08. The van der Waals surface area contributed by atoms with Crippen molar-refractivity contribution in [2.75, 3.05) is 19.7 Å². The monoisotopic (exact) mass is 252 g/mol. The molecule has 0 aromatic heterocycles. The number of nitrogens with one attached hydrogen (secondary N) is 1. The number of nitrogens with zero attached hydrogens (tertiary/aromatic N) is 1. The van der Waals surface area contributed by atoms with E-state index in [9.17, 15) is 10.1 Å². The molecule has 0 bridgehead atoms. The number of rotatable bonds is 8. The molecule has 1 N–H and O–H groups in total. The van der Waals surface area contributed by atoms with Crippen LogP contribution in [-0.2, 0) is 0 Å². The number of nitro groups is 1. The van der Waals surface area contributed by atoms with Crippen molar-refractivity contribution in [1.82, 2.24) is 5.32 Å². The first-order valence-electron chi connectivity index (χ1n) is 6.23. The van der Waals surface area contributed by atoms with Gasteiger partial charge in [-0.05, 0) is 44.5 Å². The molecular weight excluding hydrogens is 232 g/mol. The second-order valence-electron chi connectivity index (χ2n) is 4.18. The van der Waals surface area contributed by atoms with E-state index in [1.165, 1.54) is 6.07 Å². The quantitative estimate of drug-likeness (QED) is 0.439. The fraction of sp³-hybridized carbons (Fsp3) is 0.538. The molecule has 0 saturated heterocycles. The van der Waals surface area contributed by atoms with Crippen LogP contribution < -0.4 is 10.1 Å². The molecule has 0 aliphatic carbocycles. The molecule has 1 aromatic carbocycles. The molecule has 5 heteroatoms. The van der Waals surface area contributed by atoms with Crippen LogP contribution in [0.25, 0.3) is 0 Å². The highest BCUT2D eigenvalue weighted by molar-refractivity contribution is 5.48. The van der Waals surface area contributed by atoms with E-state index in [0.29, 0.717) is 12.4 Å². The second-order valence-corrected chi connectivity index (χ2v) is 4.18. The van der Waals surface area contributed by atoms with Crippen LogP contribution in [0.3, 0.4) is 0 Å². The molecule has 5 nitrogen and oxygen atoms in total. The minimum Gasteiger partial charge on any atom is -0.487 e. The molecule has 0 unspecified atom stereocenters. The number of ether oxygens (including phenoxy) is 1. The second kappa shape index (κ2) is 7.66. The van der Waals surface area contributed by atoms with Crippen LogP contribution in [-0.4, -0.2) is 24.6 Å². The van der Waals surface area contributed by atoms with Gasteiger partial charge in [0.25, 0.3) is 0 Å². The third-order valence-electron chi connectivity index (χ3n) is 2.49. The largest absolute Gasteiger partial charge is 0.487 e. The van der Waals surface area contributed by atoms with Crippen molar-refractivity contribution in [3.8, 4) is 5.75 Å². The third-order valence-corrected chi connectivity index (χ3v) is 2.49. The van der Waals surface area contributed by atoms with Gasteiger partial charge in [-0.3, -0.25) is 10.1 Å². The molecule has 18 heavy (non-hydrogen) atoms. The number of nitro benzene ring substituents is 1. The Bertz CT molecular complexity index is 394. The minimum atomic E-state index is -0.413. The Balaban J connectivity index is 2.45. The Kier molecular flexibility index (Phi) is 6.14. The molecule has 0 amide bonds. The first kappa shape index (κ1) is 14.4.